The minimum atomic E-state index is -0.954. The summed E-state index contributed by atoms with van der Waals surface area (Å²) in [5.74, 6) is -1.16. The number of nitrogens with zero attached hydrogens (tertiary/aromatic N) is 1. The number of hydrogen-bond acceptors (Lipinski definition) is 4. The van der Waals surface area contributed by atoms with Crippen molar-refractivity contribution in [3.05, 3.63) is 0 Å². The maximum atomic E-state index is 11.7. The van der Waals surface area contributed by atoms with Crippen molar-refractivity contribution in [1.29, 1.82) is 0 Å². The number of piperazine rings is 1. The Labute approximate surface area is 101 Å². The number of carboxylic acids is 1. The number of aliphatic carboxylic acids is 1. The lowest BCUT2D eigenvalue weighted by Crippen LogP contribution is -2.59. The van der Waals surface area contributed by atoms with Gasteiger partial charge in [0.2, 0.25) is 5.91 Å². The maximum Gasteiger partial charge on any atom is 0.305 e. The molecule has 0 spiro atoms. The normalized spacial score (nSPS) is 23.2. The predicted octanol–water partition coefficient (Wildman–Crippen LogP) is -0.313. The number of rotatable bonds is 6. The Kier molecular flexibility index (Phi) is 5.37. The molecule has 98 valence electrons. The molecule has 1 amide bonds. The van der Waals surface area contributed by atoms with E-state index in [4.69, 9.17) is 9.84 Å². The lowest BCUT2D eigenvalue weighted by atomic mass is 10.0. The number of methoxy groups -OCH3 is 1. The molecule has 0 bridgehead atoms. The standard InChI is InChI=1S/C11H20N2O4/c1-3-8(7-17-2)13-5-4-12-11(16)9(13)6-10(14)15/h8-9H,3-7H2,1-2H3,(H,12,16)(H,14,15). The Morgan fingerprint density at radius 2 is 2.41 bits per heavy atom. The zero-order valence-corrected chi connectivity index (χ0v) is 10.3. The molecule has 2 atom stereocenters. The topological polar surface area (TPSA) is 78.9 Å². The van der Waals surface area contributed by atoms with Crippen molar-refractivity contribution in [2.75, 3.05) is 26.8 Å². The molecule has 1 heterocycles. The molecule has 0 aromatic heterocycles. The van der Waals surface area contributed by atoms with Gasteiger partial charge in [-0.3, -0.25) is 14.5 Å². The van der Waals surface area contributed by atoms with Gasteiger partial charge < -0.3 is 15.2 Å². The van der Waals surface area contributed by atoms with E-state index < -0.39 is 12.0 Å². The second-order valence-electron chi connectivity index (χ2n) is 4.16. The van der Waals surface area contributed by atoms with Crippen LogP contribution in [0, 0.1) is 0 Å². The maximum absolute atomic E-state index is 11.7. The summed E-state index contributed by atoms with van der Waals surface area (Å²) in [5.41, 5.74) is 0. The molecule has 0 saturated carbocycles. The van der Waals surface area contributed by atoms with Crippen LogP contribution in [-0.2, 0) is 14.3 Å². The zero-order valence-electron chi connectivity index (χ0n) is 10.3. The summed E-state index contributed by atoms with van der Waals surface area (Å²) in [5, 5.41) is 11.6. The third kappa shape index (κ3) is 3.67. The highest BCUT2D eigenvalue weighted by Gasteiger charge is 2.35. The van der Waals surface area contributed by atoms with E-state index in [9.17, 15) is 9.59 Å². The lowest BCUT2D eigenvalue weighted by Gasteiger charge is -2.39. The zero-order chi connectivity index (χ0) is 12.8. The summed E-state index contributed by atoms with van der Waals surface area (Å²) < 4.78 is 5.12. The Balaban J connectivity index is 2.76. The summed E-state index contributed by atoms with van der Waals surface area (Å²) >= 11 is 0. The van der Waals surface area contributed by atoms with Crippen molar-refractivity contribution in [3.63, 3.8) is 0 Å². The number of carboxylic acid groups (broad SMARTS) is 1. The fraction of sp³-hybridized carbons (Fsp3) is 0.818. The number of carbonyl (C=O) groups excluding carboxylic acids is 1. The first kappa shape index (κ1) is 13.9. The average molecular weight is 244 g/mol. The molecule has 2 unspecified atom stereocenters. The van der Waals surface area contributed by atoms with Gasteiger partial charge >= 0.3 is 5.97 Å². The Morgan fingerprint density at radius 3 is 2.94 bits per heavy atom. The van der Waals surface area contributed by atoms with Crippen LogP contribution in [0.2, 0.25) is 0 Å². The van der Waals surface area contributed by atoms with Crippen molar-refractivity contribution in [2.24, 2.45) is 0 Å². The van der Waals surface area contributed by atoms with Gasteiger partial charge in [-0.1, -0.05) is 6.92 Å². The van der Waals surface area contributed by atoms with E-state index >= 15 is 0 Å². The van der Waals surface area contributed by atoms with Crippen LogP contribution in [0.5, 0.6) is 0 Å². The average Bonchev–Trinajstić information content (AvgIpc) is 2.28. The molecule has 1 aliphatic heterocycles. The van der Waals surface area contributed by atoms with Gasteiger partial charge in [-0.2, -0.15) is 0 Å². The van der Waals surface area contributed by atoms with Gasteiger partial charge in [-0.15, -0.1) is 0 Å². The Morgan fingerprint density at radius 1 is 1.71 bits per heavy atom. The summed E-state index contributed by atoms with van der Waals surface area (Å²) in [4.78, 5) is 24.4. The quantitative estimate of drug-likeness (QED) is 0.670. The van der Waals surface area contributed by atoms with Gasteiger partial charge in [0.25, 0.3) is 0 Å². The molecule has 1 fully saturated rings. The van der Waals surface area contributed by atoms with Gasteiger partial charge in [0, 0.05) is 26.2 Å². The van der Waals surface area contributed by atoms with Crippen LogP contribution >= 0.6 is 0 Å². The molecule has 0 aromatic carbocycles. The fourth-order valence-electron chi connectivity index (χ4n) is 2.19. The number of hydrogen-bond donors (Lipinski definition) is 2. The third-order valence-electron chi connectivity index (χ3n) is 3.04. The molecule has 6 heteroatoms. The highest BCUT2D eigenvalue weighted by molar-refractivity contribution is 5.86. The SMILES string of the molecule is CCC(COC)N1CCNC(=O)C1CC(=O)O. The molecule has 2 N–H and O–H groups in total. The van der Waals surface area contributed by atoms with Gasteiger partial charge in [0.05, 0.1) is 13.0 Å². The van der Waals surface area contributed by atoms with Crippen molar-refractivity contribution in [2.45, 2.75) is 31.8 Å². The van der Waals surface area contributed by atoms with E-state index in [1.165, 1.54) is 0 Å². The highest BCUT2D eigenvalue weighted by atomic mass is 16.5. The van der Waals surface area contributed by atoms with Gasteiger partial charge in [0.1, 0.15) is 6.04 Å². The summed E-state index contributed by atoms with van der Waals surface area (Å²) in [7, 11) is 1.61. The van der Waals surface area contributed by atoms with Crippen molar-refractivity contribution in [3.8, 4) is 0 Å². The smallest absolute Gasteiger partial charge is 0.305 e. The van der Waals surface area contributed by atoms with Crippen LogP contribution in [0.3, 0.4) is 0 Å². The van der Waals surface area contributed by atoms with E-state index in [0.29, 0.717) is 19.7 Å². The minimum Gasteiger partial charge on any atom is -0.481 e. The molecular weight excluding hydrogens is 224 g/mol. The summed E-state index contributed by atoms with van der Waals surface area (Å²) in [6.07, 6.45) is 0.670. The molecule has 1 saturated heterocycles. The minimum absolute atomic E-state index is 0.0930. The summed E-state index contributed by atoms with van der Waals surface area (Å²) in [6.45, 7) is 3.76. The van der Waals surface area contributed by atoms with Crippen molar-refractivity contribution in [1.82, 2.24) is 10.2 Å². The molecule has 6 nitrogen and oxygen atoms in total. The Bertz CT molecular complexity index is 283. The molecule has 0 aliphatic carbocycles. The summed E-state index contributed by atoms with van der Waals surface area (Å²) in [6, 6.07) is -0.489. The van der Waals surface area contributed by atoms with Gasteiger partial charge in [-0.05, 0) is 6.42 Å². The molecule has 0 aromatic rings. The van der Waals surface area contributed by atoms with E-state index in [2.05, 4.69) is 5.32 Å². The van der Waals surface area contributed by atoms with Gasteiger partial charge in [-0.25, -0.2) is 0 Å². The third-order valence-corrected chi connectivity index (χ3v) is 3.04. The van der Waals surface area contributed by atoms with E-state index in [1.54, 1.807) is 7.11 Å². The number of carbonyl (C=O) groups is 2. The van der Waals surface area contributed by atoms with Crippen LogP contribution in [0.25, 0.3) is 0 Å². The van der Waals surface area contributed by atoms with Crippen molar-refractivity contribution < 1.29 is 19.4 Å². The lowest BCUT2D eigenvalue weighted by molar-refractivity contribution is -0.144. The van der Waals surface area contributed by atoms with Crippen LogP contribution in [-0.4, -0.2) is 60.8 Å². The predicted molar refractivity (Wildman–Crippen MR) is 61.7 cm³/mol. The van der Waals surface area contributed by atoms with Crippen LogP contribution < -0.4 is 5.32 Å². The molecule has 0 radical (unpaired) electrons. The first-order chi connectivity index (χ1) is 8.10. The highest BCUT2D eigenvalue weighted by Crippen LogP contribution is 2.15. The van der Waals surface area contributed by atoms with E-state index in [-0.39, 0.29) is 18.4 Å². The van der Waals surface area contributed by atoms with Crippen LogP contribution in [0.1, 0.15) is 19.8 Å². The second-order valence-corrected chi connectivity index (χ2v) is 4.16. The molecule has 1 rings (SSSR count). The monoisotopic (exact) mass is 244 g/mol. The fourth-order valence-corrected chi connectivity index (χ4v) is 2.19. The van der Waals surface area contributed by atoms with Crippen LogP contribution in [0.4, 0.5) is 0 Å². The van der Waals surface area contributed by atoms with Crippen LogP contribution in [0.15, 0.2) is 0 Å². The first-order valence-corrected chi connectivity index (χ1v) is 5.84. The molecular formula is C11H20N2O4. The first-order valence-electron chi connectivity index (χ1n) is 5.84. The second kappa shape index (κ2) is 6.56. The van der Waals surface area contributed by atoms with E-state index in [1.807, 2.05) is 11.8 Å². The number of amides is 1. The Hall–Kier alpha value is -1.14. The largest absolute Gasteiger partial charge is 0.481 e. The van der Waals surface area contributed by atoms with E-state index in [0.717, 1.165) is 6.42 Å². The van der Waals surface area contributed by atoms with Crippen molar-refractivity contribution >= 4 is 11.9 Å². The number of nitrogens with one attached hydrogen (secondary N) is 1. The molecule has 17 heavy (non-hydrogen) atoms. The molecule has 1 aliphatic rings. The van der Waals surface area contributed by atoms with Gasteiger partial charge in [0.15, 0.2) is 0 Å². The number of ether oxygens (including phenoxy) is 1.